The Kier molecular flexibility index (Phi) is 13.9. The maximum atomic E-state index is 13.7. The summed E-state index contributed by atoms with van der Waals surface area (Å²) in [7, 11) is -2.49. The van der Waals surface area contributed by atoms with Crippen molar-refractivity contribution >= 4 is 33.4 Å². The predicted molar refractivity (Wildman–Crippen MR) is 156 cm³/mol. The number of hydrogen-bond donors (Lipinski definition) is 2. The first kappa shape index (κ1) is 33.5. The molecule has 0 aliphatic rings. The van der Waals surface area contributed by atoms with E-state index in [1.54, 1.807) is 12.1 Å². The molecule has 2 N–H and O–H groups in total. The van der Waals surface area contributed by atoms with Gasteiger partial charge in [-0.05, 0) is 48.6 Å². The molecule has 0 spiro atoms. The molecule has 0 saturated heterocycles. The van der Waals surface area contributed by atoms with Crippen LogP contribution in [0.3, 0.4) is 0 Å². The Morgan fingerprint density at radius 1 is 1.07 bits per heavy atom. The number of aliphatic hydroxyl groups excluding tert-OH is 1. The fourth-order valence-corrected chi connectivity index (χ4v) is 5.72. The van der Waals surface area contributed by atoms with Gasteiger partial charge in [-0.15, -0.1) is 11.6 Å². The number of sulfonamides is 1. The summed E-state index contributed by atoms with van der Waals surface area (Å²) < 4.78 is 33.7. The monoisotopic (exact) mass is 595 g/mol. The minimum Gasteiger partial charge on any atom is -0.497 e. The van der Waals surface area contributed by atoms with Crippen LogP contribution in [0.4, 0.5) is 0 Å². The number of halogens is 1. The van der Waals surface area contributed by atoms with Gasteiger partial charge in [0.2, 0.25) is 15.9 Å². The van der Waals surface area contributed by atoms with E-state index in [4.69, 9.17) is 16.3 Å². The van der Waals surface area contributed by atoms with Crippen molar-refractivity contribution in [1.29, 1.82) is 0 Å². The lowest BCUT2D eigenvalue weighted by molar-refractivity contribution is -0.147. The number of ether oxygens (including phenoxy) is 1. The minimum atomic E-state index is -3.99. The third-order valence-corrected chi connectivity index (χ3v) is 8.89. The van der Waals surface area contributed by atoms with E-state index in [2.05, 4.69) is 5.43 Å². The number of benzene rings is 2. The molecule has 0 radical (unpaired) electrons. The maximum Gasteiger partial charge on any atom is 0.253 e. The number of alkyl halides is 1. The van der Waals surface area contributed by atoms with E-state index in [0.717, 1.165) is 23.4 Å². The number of nitrogens with one attached hydrogen (secondary N) is 1. The molecular formula is C29H42ClN3O6S. The summed E-state index contributed by atoms with van der Waals surface area (Å²) in [6, 6.07) is 14.3. The number of amides is 2. The van der Waals surface area contributed by atoms with Crippen LogP contribution in [0.25, 0.3) is 0 Å². The zero-order valence-electron chi connectivity index (χ0n) is 23.8. The van der Waals surface area contributed by atoms with Gasteiger partial charge in [0.15, 0.2) is 0 Å². The van der Waals surface area contributed by atoms with Gasteiger partial charge < -0.3 is 9.84 Å². The number of hydrazine groups is 1. The van der Waals surface area contributed by atoms with E-state index in [0.29, 0.717) is 12.2 Å². The molecule has 0 aliphatic carbocycles. The first-order chi connectivity index (χ1) is 19.1. The molecule has 2 amide bonds. The van der Waals surface area contributed by atoms with Crippen molar-refractivity contribution in [2.45, 2.75) is 69.9 Å². The molecule has 3 atom stereocenters. The molecule has 0 fully saturated rings. The zero-order valence-corrected chi connectivity index (χ0v) is 25.3. The molecule has 2 rings (SSSR count). The Hall–Kier alpha value is -2.66. The predicted octanol–water partition coefficient (Wildman–Crippen LogP) is 3.99. The minimum absolute atomic E-state index is 0.0360. The lowest BCUT2D eigenvalue weighted by atomic mass is 9.98. The van der Waals surface area contributed by atoms with E-state index in [-0.39, 0.29) is 48.5 Å². The molecule has 2 aromatic carbocycles. The fourth-order valence-electron chi connectivity index (χ4n) is 4.16. The number of hydrogen-bond acceptors (Lipinski definition) is 6. The first-order valence-electron chi connectivity index (χ1n) is 13.6. The first-order valence-corrected chi connectivity index (χ1v) is 15.6. The lowest BCUT2D eigenvalue weighted by Gasteiger charge is -2.37. The average Bonchev–Trinajstić information content (AvgIpc) is 2.96. The van der Waals surface area contributed by atoms with E-state index < -0.39 is 28.1 Å². The Balaban J connectivity index is 2.49. The van der Waals surface area contributed by atoms with Crippen LogP contribution in [-0.2, 0) is 26.0 Å². The highest BCUT2D eigenvalue weighted by Crippen LogP contribution is 2.23. The molecule has 11 heteroatoms. The number of carbonyl (C=O) groups excluding carboxylic acids is 2. The van der Waals surface area contributed by atoms with E-state index >= 15 is 0 Å². The summed E-state index contributed by atoms with van der Waals surface area (Å²) in [5.74, 6) is -0.805. The largest absolute Gasteiger partial charge is 0.497 e. The van der Waals surface area contributed by atoms with Crippen LogP contribution in [0.5, 0.6) is 5.75 Å². The van der Waals surface area contributed by atoms with Gasteiger partial charge in [0.25, 0.3) is 5.91 Å². The molecule has 0 saturated carbocycles. The number of methoxy groups -OCH3 is 1. The third kappa shape index (κ3) is 9.76. The van der Waals surface area contributed by atoms with Crippen LogP contribution in [0.2, 0.25) is 0 Å². The fraction of sp³-hybridized carbons (Fsp3) is 0.517. The maximum absolute atomic E-state index is 13.7. The molecule has 2 aromatic rings. The van der Waals surface area contributed by atoms with Crippen molar-refractivity contribution in [3.63, 3.8) is 0 Å². The summed E-state index contributed by atoms with van der Waals surface area (Å²) in [5, 5.41) is 12.8. The lowest BCUT2D eigenvalue weighted by Crippen LogP contribution is -2.59. The second kappa shape index (κ2) is 16.6. The summed E-state index contributed by atoms with van der Waals surface area (Å²) in [5.41, 5.74) is 3.38. The molecule has 9 nitrogen and oxygen atoms in total. The normalized spacial score (nSPS) is 13.9. The van der Waals surface area contributed by atoms with E-state index in [1.807, 2.05) is 51.1 Å². The van der Waals surface area contributed by atoms with Crippen LogP contribution >= 0.6 is 11.6 Å². The highest BCUT2D eigenvalue weighted by molar-refractivity contribution is 7.89. The topological polar surface area (TPSA) is 116 Å². The Morgan fingerprint density at radius 2 is 1.73 bits per heavy atom. The van der Waals surface area contributed by atoms with Crippen LogP contribution in [0, 0.1) is 5.92 Å². The Labute approximate surface area is 243 Å². The van der Waals surface area contributed by atoms with Gasteiger partial charge >= 0.3 is 0 Å². The molecular weight excluding hydrogens is 554 g/mol. The van der Waals surface area contributed by atoms with Gasteiger partial charge in [-0.25, -0.2) is 13.4 Å². The highest BCUT2D eigenvalue weighted by Gasteiger charge is 2.35. The quantitative estimate of drug-likeness (QED) is 0.224. The molecule has 40 heavy (non-hydrogen) atoms. The van der Waals surface area contributed by atoms with Gasteiger partial charge in [-0.3, -0.25) is 15.0 Å². The van der Waals surface area contributed by atoms with Gasteiger partial charge in [0, 0.05) is 19.5 Å². The van der Waals surface area contributed by atoms with Crippen molar-refractivity contribution in [3.05, 3.63) is 60.2 Å². The SMILES string of the molecule is CCCCN(C[C@@H](O)[C@H](Cc1ccccc1)N(NC(=O)CCl)C(=O)C[C@@H](C)CC)S(=O)(=O)c1ccc(OC)cc1. The smallest absolute Gasteiger partial charge is 0.253 e. The van der Waals surface area contributed by atoms with E-state index in [1.165, 1.54) is 23.5 Å². The number of rotatable bonds is 16. The second-order valence-electron chi connectivity index (χ2n) is 9.87. The van der Waals surface area contributed by atoms with Crippen molar-refractivity contribution in [1.82, 2.24) is 14.7 Å². The second-order valence-corrected chi connectivity index (χ2v) is 12.1. The van der Waals surface area contributed by atoms with Crippen LogP contribution in [0.1, 0.15) is 52.0 Å². The molecule has 0 unspecified atom stereocenters. The van der Waals surface area contributed by atoms with Crippen molar-refractivity contribution in [3.8, 4) is 5.75 Å². The van der Waals surface area contributed by atoms with E-state index in [9.17, 15) is 23.1 Å². The van der Waals surface area contributed by atoms with Gasteiger partial charge in [-0.1, -0.05) is 63.9 Å². The Morgan fingerprint density at radius 3 is 2.27 bits per heavy atom. The van der Waals surface area contributed by atoms with Gasteiger partial charge in [-0.2, -0.15) is 4.31 Å². The van der Waals surface area contributed by atoms with Crippen molar-refractivity contribution in [2.75, 3.05) is 26.1 Å². The molecule has 222 valence electrons. The summed E-state index contributed by atoms with van der Waals surface area (Å²) in [6.07, 6.45) is 1.05. The summed E-state index contributed by atoms with van der Waals surface area (Å²) in [4.78, 5) is 25.9. The summed E-state index contributed by atoms with van der Waals surface area (Å²) in [6.45, 7) is 5.73. The molecule has 0 aromatic heterocycles. The number of nitrogens with zero attached hydrogens (tertiary/aromatic N) is 2. The average molecular weight is 596 g/mol. The Bertz CT molecular complexity index is 1160. The van der Waals surface area contributed by atoms with Gasteiger partial charge in [0.1, 0.15) is 11.6 Å². The standard InChI is InChI=1S/C29H42ClN3O6S/c1-5-7-17-32(40(37,38)25-15-13-24(39-4)14-16-25)21-27(34)26(19-23-11-9-8-10-12-23)33(31-28(35)20-30)29(36)18-22(3)6-2/h8-16,22,26-27,34H,5-7,17-21H2,1-4H3,(H,31,35)/t22-,26-,27+/m0/s1. The third-order valence-electron chi connectivity index (χ3n) is 6.77. The number of carbonyl (C=O) groups is 2. The molecule has 0 heterocycles. The number of unbranched alkanes of at least 4 members (excludes halogenated alkanes) is 1. The van der Waals surface area contributed by atoms with Crippen LogP contribution in [-0.4, -0.2) is 72.9 Å². The van der Waals surface area contributed by atoms with Crippen molar-refractivity contribution in [2.24, 2.45) is 5.92 Å². The van der Waals surface area contributed by atoms with Crippen LogP contribution in [0.15, 0.2) is 59.5 Å². The summed E-state index contributed by atoms with van der Waals surface area (Å²) >= 11 is 5.76. The van der Waals surface area contributed by atoms with Crippen LogP contribution < -0.4 is 10.2 Å². The molecule has 0 aliphatic heterocycles. The van der Waals surface area contributed by atoms with Crippen molar-refractivity contribution < 1.29 is 27.9 Å². The molecule has 0 bridgehead atoms. The zero-order chi connectivity index (χ0) is 29.7. The highest BCUT2D eigenvalue weighted by atomic mass is 35.5. The number of aliphatic hydroxyl groups is 1. The van der Waals surface area contributed by atoms with Gasteiger partial charge in [0.05, 0.1) is 24.2 Å².